The van der Waals surface area contributed by atoms with E-state index in [2.05, 4.69) is 5.32 Å². The zero-order chi connectivity index (χ0) is 26.6. The van der Waals surface area contributed by atoms with Crippen molar-refractivity contribution in [2.24, 2.45) is 0 Å². The summed E-state index contributed by atoms with van der Waals surface area (Å²) in [7, 11) is 0. The molecule has 0 spiro atoms. The van der Waals surface area contributed by atoms with Crippen molar-refractivity contribution in [1.29, 1.82) is 0 Å². The highest BCUT2D eigenvalue weighted by molar-refractivity contribution is 6.31. The molecule has 0 fully saturated rings. The Hall–Kier alpha value is -3.02. The van der Waals surface area contributed by atoms with Crippen LogP contribution in [-0.2, 0) is 22.6 Å². The van der Waals surface area contributed by atoms with E-state index in [9.17, 15) is 9.59 Å². The SMILES string of the molecule is CC[C@H](C)NC(=O)[C@@H](Cc1ccccc1)N(Cc1ccccc1Cl)C(=O)CCCOc1ccc(Cl)cc1. The molecular formula is C30H34Cl2N2O3. The number of rotatable bonds is 13. The first kappa shape index (κ1) is 28.5. The molecule has 3 aromatic rings. The van der Waals surface area contributed by atoms with E-state index in [4.69, 9.17) is 27.9 Å². The van der Waals surface area contributed by atoms with Crippen molar-refractivity contribution in [3.63, 3.8) is 0 Å². The molecule has 2 atom stereocenters. The van der Waals surface area contributed by atoms with Gasteiger partial charge in [-0.2, -0.15) is 0 Å². The van der Waals surface area contributed by atoms with E-state index < -0.39 is 6.04 Å². The molecule has 1 N–H and O–H groups in total. The summed E-state index contributed by atoms with van der Waals surface area (Å²) in [5.74, 6) is 0.399. The van der Waals surface area contributed by atoms with Gasteiger partial charge in [-0.1, -0.05) is 78.7 Å². The molecule has 5 nitrogen and oxygen atoms in total. The number of carbonyl (C=O) groups is 2. The maximum absolute atomic E-state index is 13.6. The van der Waals surface area contributed by atoms with E-state index in [0.717, 1.165) is 17.5 Å². The summed E-state index contributed by atoms with van der Waals surface area (Å²) in [6, 6.07) is 23.6. The van der Waals surface area contributed by atoms with E-state index in [-0.39, 0.29) is 30.8 Å². The monoisotopic (exact) mass is 540 g/mol. The van der Waals surface area contributed by atoms with Crippen LogP contribution in [0.5, 0.6) is 5.75 Å². The van der Waals surface area contributed by atoms with Crippen LogP contribution >= 0.6 is 23.2 Å². The maximum atomic E-state index is 13.6. The third-order valence-corrected chi connectivity index (χ3v) is 6.81. The molecule has 37 heavy (non-hydrogen) atoms. The van der Waals surface area contributed by atoms with E-state index in [0.29, 0.717) is 35.2 Å². The molecule has 3 aromatic carbocycles. The Morgan fingerprint density at radius 2 is 1.62 bits per heavy atom. The highest BCUT2D eigenvalue weighted by Gasteiger charge is 2.31. The van der Waals surface area contributed by atoms with Crippen LogP contribution in [0.1, 0.15) is 44.2 Å². The van der Waals surface area contributed by atoms with Crippen molar-refractivity contribution in [2.75, 3.05) is 6.61 Å². The molecule has 0 saturated heterocycles. The van der Waals surface area contributed by atoms with Gasteiger partial charge in [0.2, 0.25) is 11.8 Å². The average molecular weight is 542 g/mol. The Bertz CT molecular complexity index is 1140. The lowest BCUT2D eigenvalue weighted by atomic mass is 10.0. The van der Waals surface area contributed by atoms with E-state index in [1.807, 2.05) is 62.4 Å². The van der Waals surface area contributed by atoms with E-state index in [1.165, 1.54) is 0 Å². The van der Waals surface area contributed by atoms with Crippen LogP contribution in [0.4, 0.5) is 0 Å². The van der Waals surface area contributed by atoms with Crippen LogP contribution in [0, 0.1) is 0 Å². The topological polar surface area (TPSA) is 58.6 Å². The van der Waals surface area contributed by atoms with E-state index >= 15 is 0 Å². The smallest absolute Gasteiger partial charge is 0.243 e. The van der Waals surface area contributed by atoms with Crippen molar-refractivity contribution < 1.29 is 14.3 Å². The van der Waals surface area contributed by atoms with Crippen molar-refractivity contribution in [1.82, 2.24) is 10.2 Å². The number of benzene rings is 3. The Morgan fingerprint density at radius 3 is 2.30 bits per heavy atom. The highest BCUT2D eigenvalue weighted by atomic mass is 35.5. The number of hydrogen-bond donors (Lipinski definition) is 1. The fourth-order valence-electron chi connectivity index (χ4n) is 3.89. The summed E-state index contributed by atoms with van der Waals surface area (Å²) in [6.45, 7) is 4.59. The standard InChI is InChI=1S/C30H34Cl2N2O3/c1-3-22(2)33-30(36)28(20-23-10-5-4-6-11-23)34(21-24-12-7-8-13-27(24)32)29(35)14-9-19-37-26-17-15-25(31)16-18-26/h4-8,10-13,15-18,22,28H,3,9,14,19-21H2,1-2H3,(H,33,36)/t22-,28+/m0/s1. The van der Waals surface area contributed by atoms with Gasteiger partial charge < -0.3 is 15.0 Å². The van der Waals surface area contributed by atoms with Gasteiger partial charge in [0, 0.05) is 35.5 Å². The minimum atomic E-state index is -0.683. The van der Waals surface area contributed by atoms with Gasteiger partial charge in [0.15, 0.2) is 0 Å². The van der Waals surface area contributed by atoms with Crippen molar-refractivity contribution >= 4 is 35.0 Å². The minimum Gasteiger partial charge on any atom is -0.494 e. The lowest BCUT2D eigenvalue weighted by molar-refractivity contribution is -0.141. The average Bonchev–Trinajstić information content (AvgIpc) is 2.91. The fraction of sp³-hybridized carbons (Fsp3) is 0.333. The van der Waals surface area contributed by atoms with Gasteiger partial charge in [-0.25, -0.2) is 0 Å². The largest absolute Gasteiger partial charge is 0.494 e. The molecule has 0 radical (unpaired) electrons. The predicted octanol–water partition coefficient (Wildman–Crippen LogP) is 6.71. The minimum absolute atomic E-state index is 0.00388. The zero-order valence-corrected chi connectivity index (χ0v) is 22.8. The Kier molecular flexibility index (Phi) is 11.3. The number of nitrogens with zero attached hydrogens (tertiary/aromatic N) is 1. The first-order valence-corrected chi connectivity index (χ1v) is 13.4. The molecule has 3 rings (SSSR count). The second kappa shape index (κ2) is 14.7. The number of carbonyl (C=O) groups excluding carboxylic acids is 2. The van der Waals surface area contributed by atoms with Crippen LogP contribution in [0.3, 0.4) is 0 Å². The number of halogens is 2. The van der Waals surface area contributed by atoms with Crippen molar-refractivity contribution in [3.8, 4) is 5.75 Å². The molecule has 196 valence electrons. The number of hydrogen-bond acceptors (Lipinski definition) is 3. The third kappa shape index (κ3) is 9.10. The van der Waals surface area contributed by atoms with Crippen LogP contribution in [0.25, 0.3) is 0 Å². The van der Waals surface area contributed by atoms with Crippen molar-refractivity contribution in [3.05, 3.63) is 100 Å². The number of nitrogens with one attached hydrogen (secondary N) is 1. The van der Waals surface area contributed by atoms with Gasteiger partial charge in [0.05, 0.1) is 6.61 Å². The molecule has 0 heterocycles. The molecule has 0 aliphatic heterocycles. The number of ether oxygens (including phenoxy) is 1. The first-order chi connectivity index (χ1) is 17.9. The molecule has 7 heteroatoms. The summed E-state index contributed by atoms with van der Waals surface area (Å²) >= 11 is 12.4. The van der Waals surface area contributed by atoms with Gasteiger partial charge >= 0.3 is 0 Å². The summed E-state index contributed by atoms with van der Waals surface area (Å²) in [5, 5.41) is 4.28. The van der Waals surface area contributed by atoms with Gasteiger partial charge in [0.1, 0.15) is 11.8 Å². The van der Waals surface area contributed by atoms with Crippen LogP contribution in [0.2, 0.25) is 10.0 Å². The summed E-state index contributed by atoms with van der Waals surface area (Å²) < 4.78 is 5.77. The lowest BCUT2D eigenvalue weighted by Crippen LogP contribution is -2.52. The normalized spacial score (nSPS) is 12.4. The summed E-state index contributed by atoms with van der Waals surface area (Å²) in [6.07, 6.45) is 1.94. The molecule has 0 saturated carbocycles. The van der Waals surface area contributed by atoms with Gasteiger partial charge in [0.25, 0.3) is 0 Å². The quantitative estimate of drug-likeness (QED) is 0.245. The van der Waals surface area contributed by atoms with Gasteiger partial charge in [-0.15, -0.1) is 0 Å². The number of amides is 2. The third-order valence-electron chi connectivity index (χ3n) is 6.19. The second-order valence-electron chi connectivity index (χ2n) is 9.04. The Morgan fingerprint density at radius 1 is 0.946 bits per heavy atom. The highest BCUT2D eigenvalue weighted by Crippen LogP contribution is 2.22. The molecular weight excluding hydrogens is 507 g/mol. The summed E-state index contributed by atoms with van der Waals surface area (Å²) in [5.41, 5.74) is 1.78. The van der Waals surface area contributed by atoms with Crippen LogP contribution in [-0.4, -0.2) is 35.4 Å². The molecule has 2 amide bonds. The second-order valence-corrected chi connectivity index (χ2v) is 9.89. The van der Waals surface area contributed by atoms with Crippen LogP contribution in [0.15, 0.2) is 78.9 Å². The molecule has 0 aliphatic carbocycles. The molecule has 0 aromatic heterocycles. The molecule has 0 bridgehead atoms. The lowest BCUT2D eigenvalue weighted by Gasteiger charge is -2.32. The first-order valence-electron chi connectivity index (χ1n) is 12.6. The maximum Gasteiger partial charge on any atom is 0.243 e. The van der Waals surface area contributed by atoms with E-state index in [1.54, 1.807) is 35.2 Å². The Balaban J connectivity index is 1.80. The molecule has 0 unspecified atom stereocenters. The predicted molar refractivity (Wildman–Crippen MR) is 150 cm³/mol. The van der Waals surface area contributed by atoms with Gasteiger partial charge in [-0.3, -0.25) is 9.59 Å². The van der Waals surface area contributed by atoms with Crippen molar-refractivity contribution in [2.45, 2.75) is 58.2 Å². The van der Waals surface area contributed by atoms with Gasteiger partial charge in [-0.05, 0) is 61.2 Å². The fourth-order valence-corrected chi connectivity index (χ4v) is 4.21. The Labute approximate surface area is 229 Å². The zero-order valence-electron chi connectivity index (χ0n) is 21.3. The summed E-state index contributed by atoms with van der Waals surface area (Å²) in [4.78, 5) is 28.8. The molecule has 0 aliphatic rings. The van der Waals surface area contributed by atoms with Crippen LogP contribution < -0.4 is 10.1 Å².